The van der Waals surface area contributed by atoms with E-state index in [1.165, 1.54) is 6.92 Å². The number of carbonyl (C=O) groups excluding carboxylic acids is 2. The van der Waals surface area contributed by atoms with E-state index in [1.54, 1.807) is 11.9 Å². The maximum absolute atomic E-state index is 11.3. The average Bonchev–Trinajstić information content (AvgIpc) is 2.20. The van der Waals surface area contributed by atoms with E-state index in [0.717, 1.165) is 25.9 Å². The number of ketones is 1. The molecular weight excluding hydrogens is 192 g/mol. The van der Waals surface area contributed by atoms with E-state index in [-0.39, 0.29) is 11.7 Å². The molecule has 1 amide bonds. The predicted octanol–water partition coefficient (Wildman–Crippen LogP) is 0.376. The number of likely N-dealkylation sites (N-methyl/N-ethyl adjacent to an activating group) is 1. The van der Waals surface area contributed by atoms with Crippen molar-refractivity contribution in [1.82, 2.24) is 9.80 Å². The molecule has 0 aromatic rings. The molecule has 1 aliphatic rings. The minimum Gasteiger partial charge on any atom is -0.339 e. The molecule has 1 saturated heterocycles. The van der Waals surface area contributed by atoms with Crippen molar-refractivity contribution in [3.05, 3.63) is 0 Å². The molecular formula is C11H20N2O2. The zero-order valence-electron chi connectivity index (χ0n) is 9.82. The van der Waals surface area contributed by atoms with Gasteiger partial charge in [-0.25, -0.2) is 0 Å². The highest BCUT2D eigenvalue weighted by atomic mass is 16.2. The highest BCUT2D eigenvalue weighted by Crippen LogP contribution is 2.16. The van der Waals surface area contributed by atoms with Crippen LogP contribution in [0.5, 0.6) is 0 Å². The van der Waals surface area contributed by atoms with Crippen LogP contribution in [0.15, 0.2) is 0 Å². The van der Waals surface area contributed by atoms with Crippen molar-refractivity contribution < 1.29 is 9.59 Å². The zero-order chi connectivity index (χ0) is 11.4. The van der Waals surface area contributed by atoms with Crippen molar-refractivity contribution in [3.63, 3.8) is 0 Å². The van der Waals surface area contributed by atoms with Gasteiger partial charge < -0.3 is 9.80 Å². The molecule has 0 N–H and O–H groups in total. The van der Waals surface area contributed by atoms with Gasteiger partial charge >= 0.3 is 0 Å². The Morgan fingerprint density at radius 2 is 1.87 bits per heavy atom. The summed E-state index contributed by atoms with van der Waals surface area (Å²) in [6.45, 7) is 4.22. The zero-order valence-corrected chi connectivity index (χ0v) is 9.82. The second-order valence-electron chi connectivity index (χ2n) is 4.49. The Labute approximate surface area is 91.2 Å². The number of likely N-dealkylation sites (tertiary alicyclic amines) is 1. The standard InChI is InChI=1S/C11H20N2O2/c1-9(14)11(15)13(3)8-10-4-6-12(2)7-5-10/h10H,4-8H2,1-3H3. The number of Topliss-reactive ketones (excluding diaryl/α,β-unsaturated/α-hetero) is 1. The second kappa shape index (κ2) is 5.26. The molecule has 0 radical (unpaired) electrons. The maximum atomic E-state index is 11.3. The Morgan fingerprint density at radius 1 is 1.33 bits per heavy atom. The molecule has 0 aromatic carbocycles. The Bertz CT molecular complexity index is 245. The number of nitrogens with zero attached hydrogens (tertiary/aromatic N) is 2. The summed E-state index contributed by atoms with van der Waals surface area (Å²) in [6, 6.07) is 0. The van der Waals surface area contributed by atoms with Gasteiger partial charge in [0.1, 0.15) is 0 Å². The molecule has 4 heteroatoms. The van der Waals surface area contributed by atoms with E-state index in [4.69, 9.17) is 0 Å². The summed E-state index contributed by atoms with van der Waals surface area (Å²) < 4.78 is 0. The minimum absolute atomic E-state index is 0.367. The summed E-state index contributed by atoms with van der Waals surface area (Å²) in [6.07, 6.45) is 2.23. The minimum atomic E-state index is -0.370. The normalized spacial score (nSPS) is 18.9. The molecule has 15 heavy (non-hydrogen) atoms. The first kappa shape index (κ1) is 12.2. The van der Waals surface area contributed by atoms with Crippen molar-refractivity contribution in [2.45, 2.75) is 19.8 Å². The monoisotopic (exact) mass is 212 g/mol. The van der Waals surface area contributed by atoms with Crippen LogP contribution in [0.25, 0.3) is 0 Å². The Hall–Kier alpha value is -0.900. The third kappa shape index (κ3) is 3.63. The lowest BCUT2D eigenvalue weighted by Gasteiger charge is -2.31. The molecule has 1 aliphatic heterocycles. The van der Waals surface area contributed by atoms with E-state index < -0.39 is 0 Å². The number of rotatable bonds is 3. The molecule has 0 bridgehead atoms. The maximum Gasteiger partial charge on any atom is 0.289 e. The summed E-state index contributed by atoms with van der Waals surface area (Å²) in [7, 11) is 3.82. The van der Waals surface area contributed by atoms with Gasteiger partial charge in [-0.15, -0.1) is 0 Å². The number of carbonyl (C=O) groups is 2. The van der Waals surface area contributed by atoms with Crippen LogP contribution in [0.4, 0.5) is 0 Å². The molecule has 0 saturated carbocycles. The first-order valence-corrected chi connectivity index (χ1v) is 5.45. The van der Waals surface area contributed by atoms with Crippen molar-refractivity contribution in [2.75, 3.05) is 33.7 Å². The molecule has 86 valence electrons. The molecule has 0 atom stereocenters. The first-order valence-electron chi connectivity index (χ1n) is 5.45. The smallest absolute Gasteiger partial charge is 0.289 e. The molecule has 1 fully saturated rings. The van der Waals surface area contributed by atoms with Crippen LogP contribution in [0.2, 0.25) is 0 Å². The summed E-state index contributed by atoms with van der Waals surface area (Å²) in [5.41, 5.74) is 0. The Morgan fingerprint density at radius 3 is 2.33 bits per heavy atom. The van der Waals surface area contributed by atoms with Gasteiger partial charge in [0.05, 0.1) is 0 Å². The quantitative estimate of drug-likeness (QED) is 0.635. The van der Waals surface area contributed by atoms with E-state index in [2.05, 4.69) is 11.9 Å². The lowest BCUT2D eigenvalue weighted by Crippen LogP contribution is -2.39. The van der Waals surface area contributed by atoms with Gasteiger partial charge in [0.15, 0.2) is 0 Å². The summed E-state index contributed by atoms with van der Waals surface area (Å²) >= 11 is 0. The summed E-state index contributed by atoms with van der Waals surface area (Å²) in [5, 5.41) is 0. The van der Waals surface area contributed by atoms with Gasteiger partial charge in [0.2, 0.25) is 5.78 Å². The van der Waals surface area contributed by atoms with Crippen LogP contribution >= 0.6 is 0 Å². The van der Waals surface area contributed by atoms with Crippen molar-refractivity contribution >= 4 is 11.7 Å². The van der Waals surface area contributed by atoms with E-state index in [9.17, 15) is 9.59 Å². The van der Waals surface area contributed by atoms with E-state index >= 15 is 0 Å². The van der Waals surface area contributed by atoms with Crippen LogP contribution in [0.3, 0.4) is 0 Å². The third-order valence-corrected chi connectivity index (χ3v) is 3.02. The fraction of sp³-hybridized carbons (Fsp3) is 0.818. The molecule has 0 aromatic heterocycles. The SMILES string of the molecule is CC(=O)C(=O)N(C)CC1CCN(C)CC1. The number of hydrogen-bond acceptors (Lipinski definition) is 3. The highest BCUT2D eigenvalue weighted by Gasteiger charge is 2.21. The van der Waals surface area contributed by atoms with Crippen LogP contribution in [0.1, 0.15) is 19.8 Å². The fourth-order valence-corrected chi connectivity index (χ4v) is 1.98. The van der Waals surface area contributed by atoms with Crippen molar-refractivity contribution in [1.29, 1.82) is 0 Å². The number of piperidine rings is 1. The molecule has 0 aliphatic carbocycles. The van der Waals surface area contributed by atoms with Crippen LogP contribution in [-0.2, 0) is 9.59 Å². The summed E-state index contributed by atoms with van der Waals surface area (Å²) in [5.74, 6) is -0.186. The highest BCUT2D eigenvalue weighted by molar-refractivity contribution is 6.34. The van der Waals surface area contributed by atoms with E-state index in [0.29, 0.717) is 12.5 Å². The third-order valence-electron chi connectivity index (χ3n) is 3.02. The van der Waals surface area contributed by atoms with Crippen LogP contribution in [-0.4, -0.2) is 55.2 Å². The number of amides is 1. The Balaban J connectivity index is 2.35. The summed E-state index contributed by atoms with van der Waals surface area (Å²) in [4.78, 5) is 26.1. The number of hydrogen-bond donors (Lipinski definition) is 0. The average molecular weight is 212 g/mol. The largest absolute Gasteiger partial charge is 0.339 e. The predicted molar refractivity (Wildman–Crippen MR) is 58.5 cm³/mol. The van der Waals surface area contributed by atoms with Gasteiger partial charge in [-0.2, -0.15) is 0 Å². The lowest BCUT2D eigenvalue weighted by molar-refractivity contribution is -0.143. The molecule has 0 unspecified atom stereocenters. The van der Waals surface area contributed by atoms with Crippen molar-refractivity contribution in [2.24, 2.45) is 5.92 Å². The van der Waals surface area contributed by atoms with Gasteiger partial charge in [0, 0.05) is 20.5 Å². The van der Waals surface area contributed by atoms with E-state index in [1.807, 2.05) is 0 Å². The molecule has 1 heterocycles. The second-order valence-corrected chi connectivity index (χ2v) is 4.49. The Kier molecular flexibility index (Phi) is 4.27. The molecule has 0 spiro atoms. The lowest BCUT2D eigenvalue weighted by atomic mass is 9.96. The van der Waals surface area contributed by atoms with Gasteiger partial charge in [-0.3, -0.25) is 9.59 Å². The molecule has 4 nitrogen and oxygen atoms in total. The first-order chi connectivity index (χ1) is 7.00. The van der Waals surface area contributed by atoms with Crippen LogP contribution < -0.4 is 0 Å². The van der Waals surface area contributed by atoms with Crippen molar-refractivity contribution in [3.8, 4) is 0 Å². The van der Waals surface area contributed by atoms with Gasteiger partial charge in [-0.05, 0) is 38.9 Å². The topological polar surface area (TPSA) is 40.6 Å². The van der Waals surface area contributed by atoms with Gasteiger partial charge in [-0.1, -0.05) is 0 Å². The van der Waals surface area contributed by atoms with Crippen LogP contribution in [0, 0.1) is 5.92 Å². The fourth-order valence-electron chi connectivity index (χ4n) is 1.98. The van der Waals surface area contributed by atoms with Gasteiger partial charge in [0.25, 0.3) is 5.91 Å². The molecule has 1 rings (SSSR count).